The standard InChI is InChI=1S/C27H33N5O4S2/c1-4-36-26(35)23-19-13-9-6-10-14-20(19)38-25(23)29-24(34)17(2)37-27-31-30-21(32(27)3)16-28-22(33)15-18-11-7-5-8-12-18/h5,7-8,11-12,17H,4,6,9-10,13-16H2,1-3H3,(H,28,33)(H,29,34)/t17-/m0/s1. The summed E-state index contributed by atoms with van der Waals surface area (Å²) in [7, 11) is 1.81. The van der Waals surface area contributed by atoms with E-state index >= 15 is 0 Å². The first-order valence-corrected chi connectivity index (χ1v) is 14.5. The number of hydrogen-bond donors (Lipinski definition) is 2. The van der Waals surface area contributed by atoms with E-state index in [-0.39, 0.29) is 37.4 Å². The maximum absolute atomic E-state index is 13.1. The summed E-state index contributed by atoms with van der Waals surface area (Å²) in [6.07, 6.45) is 5.26. The first kappa shape index (κ1) is 27.8. The molecule has 1 aliphatic carbocycles. The van der Waals surface area contributed by atoms with E-state index in [4.69, 9.17) is 4.74 Å². The first-order chi connectivity index (χ1) is 18.4. The number of fused-ring (bicyclic) bond motifs is 1. The lowest BCUT2D eigenvalue weighted by Crippen LogP contribution is -2.26. The summed E-state index contributed by atoms with van der Waals surface area (Å²) < 4.78 is 7.10. The summed E-state index contributed by atoms with van der Waals surface area (Å²) in [5, 5.41) is 14.9. The average molecular weight is 556 g/mol. The number of carbonyl (C=O) groups excluding carboxylic acids is 3. The van der Waals surface area contributed by atoms with Crippen LogP contribution in [0.2, 0.25) is 0 Å². The lowest BCUT2D eigenvalue weighted by molar-refractivity contribution is -0.120. The Kier molecular flexibility index (Phi) is 9.57. The fourth-order valence-electron chi connectivity index (χ4n) is 4.30. The summed E-state index contributed by atoms with van der Waals surface area (Å²) >= 11 is 2.75. The van der Waals surface area contributed by atoms with Crippen molar-refractivity contribution >= 4 is 45.9 Å². The molecule has 2 N–H and O–H groups in total. The molecule has 0 aliphatic heterocycles. The Morgan fingerprint density at radius 2 is 1.89 bits per heavy atom. The Bertz CT molecular complexity index is 1290. The number of carbonyl (C=O) groups is 3. The number of aryl methyl sites for hydroxylation is 1. The fraction of sp³-hybridized carbons (Fsp3) is 0.444. The Balaban J connectivity index is 1.38. The van der Waals surface area contributed by atoms with Crippen molar-refractivity contribution in [3.8, 4) is 0 Å². The van der Waals surface area contributed by atoms with Gasteiger partial charge in [0.25, 0.3) is 0 Å². The van der Waals surface area contributed by atoms with Crippen molar-refractivity contribution in [3.05, 3.63) is 57.7 Å². The molecule has 2 amide bonds. The van der Waals surface area contributed by atoms with Crippen molar-refractivity contribution < 1.29 is 19.1 Å². The van der Waals surface area contributed by atoms with Crippen LogP contribution < -0.4 is 10.6 Å². The van der Waals surface area contributed by atoms with Gasteiger partial charge in [0.1, 0.15) is 5.00 Å². The van der Waals surface area contributed by atoms with Crippen LogP contribution in [0.3, 0.4) is 0 Å². The van der Waals surface area contributed by atoms with E-state index in [0.29, 0.717) is 21.5 Å². The van der Waals surface area contributed by atoms with Crippen molar-refractivity contribution in [2.75, 3.05) is 11.9 Å². The molecule has 0 spiro atoms. The van der Waals surface area contributed by atoms with Gasteiger partial charge < -0.3 is 19.9 Å². The summed E-state index contributed by atoms with van der Waals surface area (Å²) in [6.45, 7) is 4.09. The molecule has 11 heteroatoms. The maximum atomic E-state index is 13.1. The van der Waals surface area contributed by atoms with Gasteiger partial charge in [0.2, 0.25) is 11.8 Å². The van der Waals surface area contributed by atoms with E-state index in [1.165, 1.54) is 23.1 Å². The monoisotopic (exact) mass is 555 g/mol. The smallest absolute Gasteiger partial charge is 0.341 e. The molecule has 0 bridgehead atoms. The SMILES string of the molecule is CCOC(=O)c1c(NC(=O)[C@H](C)Sc2nnc(CNC(=O)Cc3ccccc3)n2C)sc2c1CCCCC2. The molecular weight excluding hydrogens is 522 g/mol. The van der Waals surface area contributed by atoms with Crippen LogP contribution in [0.5, 0.6) is 0 Å². The van der Waals surface area contributed by atoms with E-state index in [9.17, 15) is 14.4 Å². The van der Waals surface area contributed by atoms with Gasteiger partial charge in [-0.25, -0.2) is 4.79 Å². The van der Waals surface area contributed by atoms with Gasteiger partial charge in [-0.3, -0.25) is 9.59 Å². The lowest BCUT2D eigenvalue weighted by Gasteiger charge is -2.12. The number of aromatic nitrogens is 3. The molecule has 2 aromatic heterocycles. The van der Waals surface area contributed by atoms with Gasteiger partial charge in [-0.2, -0.15) is 0 Å². The predicted molar refractivity (Wildman–Crippen MR) is 148 cm³/mol. The number of thioether (sulfide) groups is 1. The minimum atomic E-state index is -0.490. The highest BCUT2D eigenvalue weighted by Gasteiger charge is 2.28. The quantitative estimate of drug-likeness (QED) is 0.218. The highest BCUT2D eigenvalue weighted by Crippen LogP contribution is 2.38. The van der Waals surface area contributed by atoms with Gasteiger partial charge in [-0.1, -0.05) is 48.5 Å². The molecule has 202 valence electrons. The highest BCUT2D eigenvalue weighted by molar-refractivity contribution is 8.00. The normalized spacial score (nSPS) is 13.8. The van der Waals surface area contributed by atoms with Crippen LogP contribution in [0.15, 0.2) is 35.5 Å². The van der Waals surface area contributed by atoms with E-state index < -0.39 is 5.25 Å². The second kappa shape index (κ2) is 13.1. The van der Waals surface area contributed by atoms with Crippen LogP contribution in [0.4, 0.5) is 5.00 Å². The topological polar surface area (TPSA) is 115 Å². The van der Waals surface area contributed by atoms with Crippen LogP contribution in [0.1, 0.15) is 65.3 Å². The number of nitrogens with one attached hydrogen (secondary N) is 2. The van der Waals surface area contributed by atoms with Crippen molar-refractivity contribution in [3.63, 3.8) is 0 Å². The van der Waals surface area contributed by atoms with Crippen molar-refractivity contribution in [1.82, 2.24) is 20.1 Å². The van der Waals surface area contributed by atoms with Crippen LogP contribution >= 0.6 is 23.1 Å². The van der Waals surface area contributed by atoms with Crippen LogP contribution in [0, 0.1) is 0 Å². The molecule has 3 aromatic rings. The summed E-state index contributed by atoms with van der Waals surface area (Å²) in [5.74, 6) is -0.117. The zero-order valence-corrected chi connectivity index (χ0v) is 23.5. The van der Waals surface area contributed by atoms with E-state index in [0.717, 1.165) is 48.1 Å². The number of benzene rings is 1. The Hall–Kier alpha value is -3.18. The number of anilines is 1. The molecule has 0 saturated carbocycles. The first-order valence-electron chi connectivity index (χ1n) is 12.9. The Labute approximate surface area is 230 Å². The molecule has 4 rings (SSSR count). The zero-order chi connectivity index (χ0) is 27.1. The van der Waals surface area contributed by atoms with Gasteiger partial charge in [0.15, 0.2) is 11.0 Å². The third-order valence-corrected chi connectivity index (χ3v) is 8.71. The number of esters is 1. The molecule has 9 nitrogen and oxygen atoms in total. The molecule has 2 heterocycles. The van der Waals surface area contributed by atoms with Crippen LogP contribution in [-0.4, -0.2) is 44.4 Å². The van der Waals surface area contributed by atoms with E-state index in [1.807, 2.05) is 30.3 Å². The summed E-state index contributed by atoms with van der Waals surface area (Å²) in [5.41, 5.74) is 2.47. The summed E-state index contributed by atoms with van der Waals surface area (Å²) in [6, 6.07) is 9.53. The Morgan fingerprint density at radius 3 is 2.66 bits per heavy atom. The summed E-state index contributed by atoms with van der Waals surface area (Å²) in [4.78, 5) is 39.4. The number of amides is 2. The van der Waals surface area contributed by atoms with Crippen LogP contribution in [-0.2, 0) is 47.2 Å². The molecule has 1 atom stereocenters. The number of thiophene rings is 1. The van der Waals surface area contributed by atoms with Crippen LogP contribution in [0.25, 0.3) is 0 Å². The second-order valence-electron chi connectivity index (χ2n) is 9.14. The van der Waals surface area contributed by atoms with Gasteiger partial charge in [-0.05, 0) is 50.7 Å². The van der Waals surface area contributed by atoms with E-state index in [1.54, 1.807) is 25.5 Å². The molecular formula is C27H33N5O4S2. The second-order valence-corrected chi connectivity index (χ2v) is 11.5. The molecule has 0 fully saturated rings. The third kappa shape index (κ3) is 6.82. The number of hydrogen-bond acceptors (Lipinski definition) is 8. The molecule has 0 unspecified atom stereocenters. The maximum Gasteiger partial charge on any atom is 0.341 e. The van der Waals surface area contributed by atoms with Gasteiger partial charge in [0, 0.05) is 11.9 Å². The third-order valence-electron chi connectivity index (χ3n) is 6.37. The van der Waals surface area contributed by atoms with Gasteiger partial charge in [-0.15, -0.1) is 21.5 Å². The number of nitrogens with zero attached hydrogens (tertiary/aromatic N) is 3. The van der Waals surface area contributed by atoms with Crippen molar-refractivity contribution in [1.29, 1.82) is 0 Å². The molecule has 0 radical (unpaired) electrons. The Morgan fingerprint density at radius 1 is 1.13 bits per heavy atom. The minimum Gasteiger partial charge on any atom is -0.462 e. The zero-order valence-electron chi connectivity index (χ0n) is 21.9. The highest BCUT2D eigenvalue weighted by atomic mass is 32.2. The van der Waals surface area contributed by atoms with Gasteiger partial charge >= 0.3 is 5.97 Å². The molecule has 1 aromatic carbocycles. The molecule has 38 heavy (non-hydrogen) atoms. The molecule has 1 aliphatic rings. The lowest BCUT2D eigenvalue weighted by atomic mass is 10.1. The minimum absolute atomic E-state index is 0.104. The predicted octanol–water partition coefficient (Wildman–Crippen LogP) is 4.30. The number of rotatable bonds is 10. The fourth-order valence-corrected chi connectivity index (χ4v) is 6.41. The number of ether oxygens (including phenoxy) is 1. The van der Waals surface area contributed by atoms with Crippen molar-refractivity contribution in [2.24, 2.45) is 7.05 Å². The molecule has 0 saturated heterocycles. The van der Waals surface area contributed by atoms with Gasteiger partial charge in [0.05, 0.1) is 30.4 Å². The van der Waals surface area contributed by atoms with Crippen molar-refractivity contribution in [2.45, 2.75) is 69.3 Å². The largest absolute Gasteiger partial charge is 0.462 e. The van der Waals surface area contributed by atoms with E-state index in [2.05, 4.69) is 20.8 Å². The average Bonchev–Trinajstić information content (AvgIpc) is 3.32.